The highest BCUT2D eigenvalue weighted by Crippen LogP contribution is 2.31. The molecule has 0 fully saturated rings. The van der Waals surface area contributed by atoms with Crippen molar-refractivity contribution in [1.82, 2.24) is 4.98 Å². The Bertz CT molecular complexity index is 786. The largest absolute Gasteiger partial charge is 0.497 e. The summed E-state index contributed by atoms with van der Waals surface area (Å²) in [6.45, 7) is 2.90. The number of hydrogen-bond donors (Lipinski definition) is 1. The van der Waals surface area contributed by atoms with Gasteiger partial charge in [0.15, 0.2) is 0 Å². The molecule has 3 aromatic rings. The molecule has 0 unspecified atom stereocenters. The van der Waals surface area contributed by atoms with E-state index in [0.29, 0.717) is 5.02 Å². The summed E-state index contributed by atoms with van der Waals surface area (Å²) in [6.07, 6.45) is 0. The van der Waals surface area contributed by atoms with Crippen LogP contribution in [0.2, 0.25) is 5.02 Å². The number of anilines is 1. The molecular weight excluding hydrogens is 272 g/mol. The Morgan fingerprint density at radius 3 is 2.75 bits per heavy atom. The molecule has 0 spiro atoms. The number of fused-ring (bicyclic) bond motifs is 2. The van der Waals surface area contributed by atoms with Crippen molar-refractivity contribution in [2.75, 3.05) is 19.0 Å². The number of ether oxygens (including phenoxy) is 1. The molecule has 3 nitrogen and oxygen atoms in total. The maximum Gasteiger partial charge on any atom is 0.121 e. The van der Waals surface area contributed by atoms with Crippen molar-refractivity contribution in [2.24, 2.45) is 0 Å². The summed E-state index contributed by atoms with van der Waals surface area (Å²) in [5.41, 5.74) is 2.87. The van der Waals surface area contributed by atoms with Gasteiger partial charge in [-0.25, -0.2) is 4.98 Å². The fraction of sp³-hybridized carbons (Fsp3) is 0.188. The highest BCUT2D eigenvalue weighted by Gasteiger charge is 2.08. The first-order valence-corrected chi connectivity index (χ1v) is 6.91. The minimum Gasteiger partial charge on any atom is -0.497 e. The average molecular weight is 287 g/mol. The van der Waals surface area contributed by atoms with Crippen LogP contribution in [-0.2, 0) is 0 Å². The summed E-state index contributed by atoms with van der Waals surface area (Å²) in [7, 11) is 1.67. The number of nitrogens with one attached hydrogen (secondary N) is 1. The van der Waals surface area contributed by atoms with Crippen molar-refractivity contribution in [1.29, 1.82) is 0 Å². The molecule has 0 radical (unpaired) electrons. The van der Waals surface area contributed by atoms with E-state index in [1.165, 1.54) is 0 Å². The van der Waals surface area contributed by atoms with E-state index in [9.17, 15) is 0 Å². The molecule has 0 aliphatic carbocycles. The van der Waals surface area contributed by atoms with Crippen molar-refractivity contribution >= 4 is 39.1 Å². The number of methoxy groups -OCH3 is 1. The Labute approximate surface area is 122 Å². The molecule has 0 saturated heterocycles. The van der Waals surface area contributed by atoms with E-state index in [0.717, 1.165) is 39.8 Å². The second-order valence-corrected chi connectivity index (χ2v) is 5.04. The van der Waals surface area contributed by atoms with Gasteiger partial charge in [0.2, 0.25) is 0 Å². The molecule has 20 heavy (non-hydrogen) atoms. The van der Waals surface area contributed by atoms with Gasteiger partial charge in [0.1, 0.15) is 5.75 Å². The third-order valence-electron chi connectivity index (χ3n) is 3.25. The van der Waals surface area contributed by atoms with Crippen molar-refractivity contribution in [2.45, 2.75) is 6.92 Å². The molecule has 0 aliphatic rings. The number of hydrogen-bond acceptors (Lipinski definition) is 3. The number of nitrogens with zero attached hydrogens (tertiary/aromatic N) is 1. The Balaban J connectivity index is 2.34. The Morgan fingerprint density at radius 1 is 1.15 bits per heavy atom. The molecule has 2 aromatic carbocycles. The molecule has 1 heterocycles. The maximum absolute atomic E-state index is 6.04. The van der Waals surface area contributed by atoms with Gasteiger partial charge in [0.25, 0.3) is 0 Å². The van der Waals surface area contributed by atoms with Crippen LogP contribution in [-0.4, -0.2) is 18.6 Å². The first kappa shape index (κ1) is 13.0. The normalized spacial score (nSPS) is 10.9. The highest BCUT2D eigenvalue weighted by atomic mass is 35.5. The molecular formula is C16H15ClN2O. The highest BCUT2D eigenvalue weighted by molar-refractivity contribution is 6.31. The molecule has 3 rings (SSSR count). The zero-order valence-corrected chi connectivity index (χ0v) is 12.2. The van der Waals surface area contributed by atoms with Gasteiger partial charge in [-0.15, -0.1) is 0 Å². The Hall–Kier alpha value is -2.00. The van der Waals surface area contributed by atoms with Crippen LogP contribution < -0.4 is 10.1 Å². The quantitative estimate of drug-likeness (QED) is 0.721. The summed E-state index contributed by atoms with van der Waals surface area (Å²) in [5.74, 6) is 0.816. The van der Waals surface area contributed by atoms with Crippen LogP contribution in [0.5, 0.6) is 5.75 Å². The van der Waals surface area contributed by atoms with Gasteiger partial charge < -0.3 is 10.1 Å². The van der Waals surface area contributed by atoms with Crippen LogP contribution in [0.25, 0.3) is 21.8 Å². The fourth-order valence-electron chi connectivity index (χ4n) is 2.34. The summed E-state index contributed by atoms with van der Waals surface area (Å²) in [5, 5.41) is 6.11. The zero-order valence-electron chi connectivity index (χ0n) is 11.4. The van der Waals surface area contributed by atoms with Gasteiger partial charge >= 0.3 is 0 Å². The van der Waals surface area contributed by atoms with Gasteiger partial charge in [0.05, 0.1) is 23.8 Å². The second kappa shape index (κ2) is 5.17. The summed E-state index contributed by atoms with van der Waals surface area (Å²) in [6, 6.07) is 11.8. The van der Waals surface area contributed by atoms with Gasteiger partial charge in [-0.3, -0.25) is 0 Å². The number of rotatable bonds is 3. The summed E-state index contributed by atoms with van der Waals surface area (Å²) in [4.78, 5) is 4.74. The van der Waals surface area contributed by atoms with E-state index in [1.807, 2.05) is 30.3 Å². The van der Waals surface area contributed by atoms with Crippen LogP contribution in [0.4, 0.5) is 5.69 Å². The average Bonchev–Trinajstić information content (AvgIpc) is 2.45. The summed E-state index contributed by atoms with van der Waals surface area (Å²) < 4.78 is 5.35. The smallest absolute Gasteiger partial charge is 0.121 e. The fourth-order valence-corrected chi connectivity index (χ4v) is 2.52. The van der Waals surface area contributed by atoms with Gasteiger partial charge in [-0.1, -0.05) is 11.6 Å². The van der Waals surface area contributed by atoms with Crippen LogP contribution in [0, 0.1) is 0 Å². The van der Waals surface area contributed by atoms with E-state index in [-0.39, 0.29) is 0 Å². The Morgan fingerprint density at radius 2 is 2.00 bits per heavy atom. The molecule has 102 valence electrons. The first-order chi connectivity index (χ1) is 9.71. The number of pyridine rings is 1. The first-order valence-electron chi connectivity index (χ1n) is 6.53. The molecule has 0 atom stereocenters. The van der Waals surface area contributed by atoms with Crippen LogP contribution in [0.1, 0.15) is 6.92 Å². The van der Waals surface area contributed by atoms with Crippen LogP contribution in [0.15, 0.2) is 36.4 Å². The van der Waals surface area contributed by atoms with E-state index < -0.39 is 0 Å². The monoisotopic (exact) mass is 286 g/mol. The lowest BCUT2D eigenvalue weighted by Crippen LogP contribution is -1.99. The van der Waals surface area contributed by atoms with E-state index in [2.05, 4.69) is 18.3 Å². The number of benzene rings is 2. The third-order valence-corrected chi connectivity index (χ3v) is 3.48. The van der Waals surface area contributed by atoms with E-state index >= 15 is 0 Å². The zero-order chi connectivity index (χ0) is 14.1. The number of aromatic nitrogens is 1. The molecule has 0 amide bonds. The van der Waals surface area contributed by atoms with Crippen molar-refractivity contribution in [3.63, 3.8) is 0 Å². The lowest BCUT2D eigenvalue weighted by atomic mass is 10.1. The van der Waals surface area contributed by atoms with Crippen LogP contribution >= 0.6 is 11.6 Å². The van der Waals surface area contributed by atoms with Crippen molar-refractivity contribution in [3.05, 3.63) is 41.4 Å². The molecule has 4 heteroatoms. The third kappa shape index (κ3) is 2.25. The molecule has 0 aliphatic heterocycles. The van der Waals surface area contributed by atoms with Crippen LogP contribution in [0.3, 0.4) is 0 Å². The molecule has 0 bridgehead atoms. The predicted molar refractivity (Wildman–Crippen MR) is 85.0 cm³/mol. The standard InChI is InChI=1S/C16H15ClN2O/c1-3-18-15-9-13(20-2)8-11-6-10-7-12(17)4-5-14(10)19-16(11)15/h4-9,18H,3H2,1-2H3. The van der Waals surface area contributed by atoms with Gasteiger partial charge in [0, 0.05) is 28.4 Å². The topological polar surface area (TPSA) is 34.1 Å². The SMILES string of the molecule is CCNc1cc(OC)cc2cc3cc(Cl)ccc3nc12. The number of halogens is 1. The lowest BCUT2D eigenvalue weighted by Gasteiger charge is -2.11. The maximum atomic E-state index is 6.04. The lowest BCUT2D eigenvalue weighted by molar-refractivity contribution is 0.415. The van der Waals surface area contributed by atoms with E-state index in [1.54, 1.807) is 7.11 Å². The van der Waals surface area contributed by atoms with Crippen molar-refractivity contribution in [3.8, 4) is 5.75 Å². The summed E-state index contributed by atoms with van der Waals surface area (Å²) >= 11 is 6.04. The molecule has 1 aromatic heterocycles. The minimum absolute atomic E-state index is 0.716. The van der Waals surface area contributed by atoms with Gasteiger partial charge in [-0.2, -0.15) is 0 Å². The van der Waals surface area contributed by atoms with Gasteiger partial charge in [-0.05, 0) is 37.3 Å². The van der Waals surface area contributed by atoms with Crippen molar-refractivity contribution < 1.29 is 4.74 Å². The second-order valence-electron chi connectivity index (χ2n) is 4.60. The molecule has 1 N–H and O–H groups in total. The predicted octanol–water partition coefficient (Wildman–Crippen LogP) is 4.48. The molecule has 0 saturated carbocycles. The Kier molecular flexibility index (Phi) is 3.36. The van der Waals surface area contributed by atoms with E-state index in [4.69, 9.17) is 21.3 Å². The minimum atomic E-state index is 0.716.